The number of hydrogen-bond donors (Lipinski definition) is 2. The number of rotatable bonds is 4. The smallest absolute Gasteiger partial charge is 0.251 e. The average Bonchev–Trinajstić information content (AvgIpc) is 3.04. The molecule has 1 saturated carbocycles. The molecule has 3 rings (SSSR count). The van der Waals surface area contributed by atoms with Crippen molar-refractivity contribution in [2.75, 3.05) is 6.54 Å². The second-order valence-corrected chi connectivity index (χ2v) is 6.40. The molecule has 1 aromatic carbocycles. The number of phenols is 1. The largest absolute Gasteiger partial charge is 0.503 e. The van der Waals surface area contributed by atoms with Gasteiger partial charge in [0.05, 0.1) is 0 Å². The summed E-state index contributed by atoms with van der Waals surface area (Å²) < 4.78 is 31.8. The number of carbonyl (C=O) groups is 1. The van der Waals surface area contributed by atoms with Crippen LogP contribution in [0.5, 0.6) is 5.75 Å². The molecule has 0 spiro atoms. The Morgan fingerprint density at radius 2 is 1.92 bits per heavy atom. The Labute approximate surface area is 143 Å². The van der Waals surface area contributed by atoms with Gasteiger partial charge >= 0.3 is 0 Å². The summed E-state index contributed by atoms with van der Waals surface area (Å²) in [6, 6.07) is 1.64. The zero-order valence-electron chi connectivity index (χ0n) is 13.8. The summed E-state index contributed by atoms with van der Waals surface area (Å²) in [4.78, 5) is 16.3. The molecular formula is C17H19F2N3O3. The Bertz CT molecular complexity index is 747. The van der Waals surface area contributed by atoms with Gasteiger partial charge in [-0.15, -0.1) is 0 Å². The van der Waals surface area contributed by atoms with E-state index in [4.69, 9.17) is 9.63 Å². The highest BCUT2D eigenvalue weighted by atomic mass is 19.1. The zero-order chi connectivity index (χ0) is 18.0. The summed E-state index contributed by atoms with van der Waals surface area (Å²) in [6.45, 7) is 2.21. The normalized spacial score (nSPS) is 20.4. The molecule has 6 nitrogen and oxygen atoms in total. The van der Waals surface area contributed by atoms with Crippen LogP contribution in [0.2, 0.25) is 0 Å². The number of aromatic nitrogens is 2. The van der Waals surface area contributed by atoms with E-state index in [1.165, 1.54) is 0 Å². The van der Waals surface area contributed by atoms with Crippen LogP contribution in [-0.4, -0.2) is 27.7 Å². The van der Waals surface area contributed by atoms with E-state index in [9.17, 15) is 13.6 Å². The van der Waals surface area contributed by atoms with Crippen LogP contribution < -0.4 is 5.32 Å². The molecule has 1 aliphatic carbocycles. The molecule has 0 saturated heterocycles. The third-order valence-electron chi connectivity index (χ3n) is 4.57. The topological polar surface area (TPSA) is 88.2 Å². The standard InChI is InChI=1S/C17H19F2N3O3/c1-9-21-17(25-22-9)11-4-2-10(3-5-11)8-20-16(24)12-6-13(18)15(23)14(19)7-12/h6-7,10-11,23H,2-5,8H2,1H3,(H,20,24). The van der Waals surface area contributed by atoms with Crippen LogP contribution in [0.1, 0.15) is 53.7 Å². The number of halogens is 2. The SMILES string of the molecule is Cc1noc(C2CCC(CNC(=O)c3cc(F)c(O)c(F)c3)CC2)n1. The first-order valence-electron chi connectivity index (χ1n) is 8.20. The third-order valence-corrected chi connectivity index (χ3v) is 4.57. The summed E-state index contributed by atoms with van der Waals surface area (Å²) >= 11 is 0. The minimum atomic E-state index is -1.15. The summed E-state index contributed by atoms with van der Waals surface area (Å²) in [5.74, 6) is -2.13. The number of phenolic OH excluding ortho intramolecular Hbond substituents is 1. The van der Waals surface area contributed by atoms with E-state index in [0.717, 1.165) is 37.8 Å². The van der Waals surface area contributed by atoms with Gasteiger partial charge in [-0.3, -0.25) is 4.79 Å². The van der Waals surface area contributed by atoms with Gasteiger partial charge in [-0.05, 0) is 50.7 Å². The van der Waals surface area contributed by atoms with E-state index in [0.29, 0.717) is 18.3 Å². The molecule has 0 radical (unpaired) electrons. The number of hydrogen-bond acceptors (Lipinski definition) is 5. The van der Waals surface area contributed by atoms with Gasteiger partial charge in [0, 0.05) is 18.0 Å². The van der Waals surface area contributed by atoms with Crippen molar-refractivity contribution < 1.29 is 23.2 Å². The number of carbonyl (C=O) groups excluding carboxylic acids is 1. The van der Waals surface area contributed by atoms with Crippen LogP contribution in [-0.2, 0) is 0 Å². The van der Waals surface area contributed by atoms with Gasteiger partial charge in [-0.2, -0.15) is 4.98 Å². The van der Waals surface area contributed by atoms with Crippen LogP contribution in [0.4, 0.5) is 8.78 Å². The van der Waals surface area contributed by atoms with Gasteiger partial charge in [0.1, 0.15) is 0 Å². The Morgan fingerprint density at radius 1 is 1.28 bits per heavy atom. The first kappa shape index (κ1) is 17.3. The molecule has 1 aliphatic rings. The van der Waals surface area contributed by atoms with E-state index in [2.05, 4.69) is 15.5 Å². The molecule has 134 valence electrons. The maximum atomic E-state index is 13.3. The van der Waals surface area contributed by atoms with Crippen LogP contribution in [0, 0.1) is 24.5 Å². The first-order chi connectivity index (χ1) is 11.9. The molecule has 0 aliphatic heterocycles. The van der Waals surface area contributed by atoms with Gasteiger partial charge in [0.2, 0.25) is 5.89 Å². The lowest BCUT2D eigenvalue weighted by Crippen LogP contribution is -2.31. The van der Waals surface area contributed by atoms with E-state index in [1.807, 2.05) is 0 Å². The molecule has 2 N–H and O–H groups in total. The fourth-order valence-electron chi connectivity index (χ4n) is 3.13. The van der Waals surface area contributed by atoms with Gasteiger partial charge in [0.15, 0.2) is 23.2 Å². The molecular weight excluding hydrogens is 332 g/mol. The summed E-state index contributed by atoms with van der Waals surface area (Å²) in [6.07, 6.45) is 3.57. The number of nitrogens with one attached hydrogen (secondary N) is 1. The maximum Gasteiger partial charge on any atom is 0.251 e. The summed E-state index contributed by atoms with van der Waals surface area (Å²) in [7, 11) is 0. The molecule has 1 aromatic heterocycles. The molecule has 0 atom stereocenters. The molecule has 25 heavy (non-hydrogen) atoms. The number of nitrogens with zero attached hydrogens (tertiary/aromatic N) is 2. The predicted octanol–water partition coefficient (Wildman–Crippen LogP) is 3.07. The van der Waals surface area contributed by atoms with Crippen LogP contribution in [0.15, 0.2) is 16.7 Å². The van der Waals surface area contributed by atoms with Gasteiger partial charge in [-0.1, -0.05) is 5.16 Å². The van der Waals surface area contributed by atoms with Crippen molar-refractivity contribution in [3.05, 3.63) is 41.0 Å². The van der Waals surface area contributed by atoms with Crippen molar-refractivity contribution in [2.24, 2.45) is 5.92 Å². The summed E-state index contributed by atoms with van der Waals surface area (Å²) in [5.41, 5.74) is -0.150. The van der Waals surface area contributed by atoms with Crippen LogP contribution in [0.3, 0.4) is 0 Å². The van der Waals surface area contributed by atoms with E-state index < -0.39 is 23.3 Å². The Hall–Kier alpha value is -2.51. The average molecular weight is 351 g/mol. The highest BCUT2D eigenvalue weighted by molar-refractivity contribution is 5.94. The van der Waals surface area contributed by atoms with Crippen molar-refractivity contribution in [2.45, 2.75) is 38.5 Å². The third kappa shape index (κ3) is 3.94. The van der Waals surface area contributed by atoms with Crippen molar-refractivity contribution in [3.63, 3.8) is 0 Å². The second-order valence-electron chi connectivity index (χ2n) is 6.40. The van der Waals surface area contributed by atoms with Crippen molar-refractivity contribution >= 4 is 5.91 Å². The Kier molecular flexibility index (Phi) is 4.96. The van der Waals surface area contributed by atoms with E-state index in [1.54, 1.807) is 6.92 Å². The first-order valence-corrected chi connectivity index (χ1v) is 8.20. The molecule has 0 unspecified atom stereocenters. The quantitative estimate of drug-likeness (QED) is 0.884. The van der Waals surface area contributed by atoms with Crippen molar-refractivity contribution in [1.29, 1.82) is 0 Å². The molecule has 1 heterocycles. The minimum Gasteiger partial charge on any atom is -0.503 e. The number of aryl methyl sites for hydroxylation is 1. The molecule has 1 fully saturated rings. The minimum absolute atomic E-state index is 0.150. The highest BCUT2D eigenvalue weighted by Gasteiger charge is 2.26. The van der Waals surface area contributed by atoms with E-state index >= 15 is 0 Å². The van der Waals surface area contributed by atoms with E-state index in [-0.39, 0.29) is 17.4 Å². The lowest BCUT2D eigenvalue weighted by Gasteiger charge is -2.26. The Balaban J connectivity index is 1.50. The maximum absolute atomic E-state index is 13.3. The number of aromatic hydroxyl groups is 1. The lowest BCUT2D eigenvalue weighted by molar-refractivity contribution is 0.0941. The second kappa shape index (κ2) is 7.16. The van der Waals surface area contributed by atoms with Crippen LogP contribution in [0.25, 0.3) is 0 Å². The summed E-state index contributed by atoms with van der Waals surface area (Å²) in [5, 5.41) is 15.6. The zero-order valence-corrected chi connectivity index (χ0v) is 13.8. The Morgan fingerprint density at radius 3 is 2.48 bits per heavy atom. The monoisotopic (exact) mass is 351 g/mol. The van der Waals surface area contributed by atoms with Crippen molar-refractivity contribution in [3.8, 4) is 5.75 Å². The lowest BCUT2D eigenvalue weighted by atomic mass is 9.82. The van der Waals surface area contributed by atoms with Gasteiger partial charge in [-0.25, -0.2) is 8.78 Å². The van der Waals surface area contributed by atoms with Crippen molar-refractivity contribution in [1.82, 2.24) is 15.5 Å². The van der Waals surface area contributed by atoms with Gasteiger partial charge in [0.25, 0.3) is 5.91 Å². The molecule has 0 bridgehead atoms. The predicted molar refractivity (Wildman–Crippen MR) is 84.1 cm³/mol. The fraction of sp³-hybridized carbons (Fsp3) is 0.471. The fourth-order valence-corrected chi connectivity index (χ4v) is 3.13. The number of benzene rings is 1. The highest BCUT2D eigenvalue weighted by Crippen LogP contribution is 2.34. The van der Waals surface area contributed by atoms with Crippen LogP contribution >= 0.6 is 0 Å². The van der Waals surface area contributed by atoms with Gasteiger partial charge < -0.3 is 14.9 Å². The number of amides is 1. The molecule has 8 heteroatoms. The molecule has 1 amide bonds. The molecule has 2 aromatic rings.